The van der Waals surface area contributed by atoms with Crippen LogP contribution in [0.15, 0.2) is 72.8 Å². The van der Waals surface area contributed by atoms with Crippen molar-refractivity contribution in [1.29, 1.82) is 0 Å². The fraction of sp³-hybridized carbons (Fsp3) is 0.231. The molecule has 0 aliphatic carbocycles. The molecule has 3 aromatic rings. The van der Waals surface area contributed by atoms with Crippen LogP contribution >= 0.6 is 35.0 Å². The van der Waals surface area contributed by atoms with Gasteiger partial charge in [0.15, 0.2) is 5.37 Å². The Morgan fingerprint density at radius 1 is 0.943 bits per heavy atom. The van der Waals surface area contributed by atoms with Crippen molar-refractivity contribution in [1.82, 2.24) is 5.32 Å². The molecule has 0 aliphatic rings. The lowest BCUT2D eigenvalue weighted by atomic mass is 10.1. The standard InChI is InChI=1S/C26H27Cl2N3O3S/c27-20-11-6-12-21(28)24(20)30-22-13-5-4-10-19(22)16-23(32)31-25(35-15-7-14-29)26(33)34-17-18-8-2-1-3-9-18/h1-6,8-13,25,30H,7,14-17,29H2,(H,31,32)/t25-/m0/s1. The molecule has 4 N–H and O–H groups in total. The fourth-order valence-electron chi connectivity index (χ4n) is 3.18. The predicted molar refractivity (Wildman–Crippen MR) is 144 cm³/mol. The second-order valence-corrected chi connectivity index (χ2v) is 9.64. The van der Waals surface area contributed by atoms with Gasteiger partial charge >= 0.3 is 5.97 Å². The Morgan fingerprint density at radius 3 is 2.34 bits per heavy atom. The van der Waals surface area contributed by atoms with Gasteiger partial charge in [-0.1, -0.05) is 77.8 Å². The summed E-state index contributed by atoms with van der Waals surface area (Å²) in [4.78, 5) is 25.7. The largest absolute Gasteiger partial charge is 0.459 e. The minimum Gasteiger partial charge on any atom is -0.459 e. The number of benzene rings is 3. The van der Waals surface area contributed by atoms with E-state index >= 15 is 0 Å². The summed E-state index contributed by atoms with van der Waals surface area (Å²) >= 11 is 13.9. The average Bonchev–Trinajstić information content (AvgIpc) is 2.86. The van der Waals surface area contributed by atoms with Gasteiger partial charge in [0.2, 0.25) is 5.91 Å². The minimum atomic E-state index is -0.837. The van der Waals surface area contributed by atoms with Gasteiger partial charge in [-0.2, -0.15) is 0 Å². The van der Waals surface area contributed by atoms with Crippen LogP contribution in [0, 0.1) is 0 Å². The SMILES string of the molecule is NCCCS[C@H](NC(=O)Cc1ccccc1Nc1c(Cl)cccc1Cl)C(=O)OCc1ccccc1. The first-order valence-corrected chi connectivity index (χ1v) is 12.9. The molecule has 0 aromatic heterocycles. The van der Waals surface area contributed by atoms with E-state index in [1.165, 1.54) is 11.8 Å². The number of rotatable bonds is 12. The lowest BCUT2D eigenvalue weighted by Crippen LogP contribution is -2.40. The summed E-state index contributed by atoms with van der Waals surface area (Å²) in [7, 11) is 0. The fourth-order valence-corrected chi connectivity index (χ4v) is 4.66. The first kappa shape index (κ1) is 26.9. The molecular formula is C26H27Cl2N3O3S. The number of carbonyl (C=O) groups is 2. The normalized spacial score (nSPS) is 11.5. The minimum absolute atomic E-state index is 0.0468. The summed E-state index contributed by atoms with van der Waals surface area (Å²) in [5, 5.41) is 6.12. The van der Waals surface area contributed by atoms with Crippen LogP contribution in [0.25, 0.3) is 0 Å². The second-order valence-electron chi connectivity index (χ2n) is 7.61. The number of amides is 1. The molecule has 0 bridgehead atoms. The highest BCUT2D eigenvalue weighted by Crippen LogP contribution is 2.33. The third kappa shape index (κ3) is 8.47. The highest BCUT2D eigenvalue weighted by atomic mass is 35.5. The van der Waals surface area contributed by atoms with Crippen LogP contribution in [-0.2, 0) is 27.4 Å². The van der Waals surface area contributed by atoms with Gasteiger partial charge < -0.3 is 21.1 Å². The molecule has 1 atom stereocenters. The molecule has 0 aliphatic heterocycles. The highest BCUT2D eigenvalue weighted by molar-refractivity contribution is 8.00. The highest BCUT2D eigenvalue weighted by Gasteiger charge is 2.23. The monoisotopic (exact) mass is 531 g/mol. The summed E-state index contributed by atoms with van der Waals surface area (Å²) in [6.07, 6.45) is 0.763. The molecule has 0 heterocycles. The van der Waals surface area contributed by atoms with E-state index in [0.717, 1.165) is 11.1 Å². The van der Waals surface area contributed by atoms with Gasteiger partial charge in [-0.15, -0.1) is 11.8 Å². The Hall–Kier alpha value is -2.71. The van der Waals surface area contributed by atoms with Crippen LogP contribution in [0.5, 0.6) is 0 Å². The summed E-state index contributed by atoms with van der Waals surface area (Å²) in [6, 6.07) is 22.0. The third-order valence-electron chi connectivity index (χ3n) is 4.95. The maximum absolute atomic E-state index is 12.9. The smallest absolute Gasteiger partial charge is 0.339 e. The number of hydrogen-bond acceptors (Lipinski definition) is 6. The number of esters is 1. The molecule has 0 saturated carbocycles. The maximum atomic E-state index is 12.9. The number of hydrogen-bond donors (Lipinski definition) is 3. The Labute approximate surface area is 219 Å². The Kier molecular flexibility index (Phi) is 10.8. The summed E-state index contributed by atoms with van der Waals surface area (Å²) in [5.41, 5.74) is 8.44. The second kappa shape index (κ2) is 14.0. The first-order chi connectivity index (χ1) is 17.0. The van der Waals surface area contributed by atoms with E-state index in [1.807, 2.05) is 54.6 Å². The van der Waals surface area contributed by atoms with Gasteiger partial charge in [0, 0.05) is 5.69 Å². The van der Waals surface area contributed by atoms with Crippen LogP contribution in [0.2, 0.25) is 10.0 Å². The zero-order valence-electron chi connectivity index (χ0n) is 19.0. The predicted octanol–water partition coefficient (Wildman–Crippen LogP) is 5.55. The van der Waals surface area contributed by atoms with Crippen molar-refractivity contribution in [3.8, 4) is 0 Å². The third-order valence-corrected chi connectivity index (χ3v) is 6.75. The van der Waals surface area contributed by atoms with Gasteiger partial charge in [0.05, 0.1) is 22.2 Å². The molecule has 184 valence electrons. The zero-order valence-corrected chi connectivity index (χ0v) is 21.3. The summed E-state index contributed by atoms with van der Waals surface area (Å²) < 4.78 is 5.45. The van der Waals surface area contributed by atoms with Gasteiger partial charge in [0.1, 0.15) is 6.61 Å². The van der Waals surface area contributed by atoms with Crippen molar-refractivity contribution >= 4 is 58.2 Å². The molecule has 3 aromatic carbocycles. The number of nitrogens with one attached hydrogen (secondary N) is 2. The summed E-state index contributed by atoms with van der Waals surface area (Å²) in [5.74, 6) is -0.199. The van der Waals surface area contributed by atoms with Gasteiger partial charge in [-0.25, -0.2) is 4.79 Å². The van der Waals surface area contributed by atoms with Gasteiger partial charge in [-0.05, 0) is 48.0 Å². The van der Waals surface area contributed by atoms with Crippen LogP contribution in [0.1, 0.15) is 17.5 Å². The average molecular weight is 532 g/mol. The van der Waals surface area contributed by atoms with E-state index in [-0.39, 0.29) is 18.9 Å². The van der Waals surface area contributed by atoms with Crippen LogP contribution in [-0.4, -0.2) is 29.5 Å². The van der Waals surface area contributed by atoms with E-state index in [4.69, 9.17) is 33.7 Å². The lowest BCUT2D eigenvalue weighted by molar-refractivity contribution is -0.146. The molecule has 0 saturated heterocycles. The molecule has 9 heteroatoms. The lowest BCUT2D eigenvalue weighted by Gasteiger charge is -2.18. The van der Waals surface area contributed by atoms with Crippen LogP contribution < -0.4 is 16.4 Å². The molecule has 3 rings (SSSR count). The van der Waals surface area contributed by atoms with E-state index in [9.17, 15) is 9.59 Å². The molecule has 0 radical (unpaired) electrons. The van der Waals surface area contributed by atoms with Crippen molar-refractivity contribution < 1.29 is 14.3 Å². The number of para-hydroxylation sites is 2. The number of nitrogens with two attached hydrogens (primary N) is 1. The summed E-state index contributed by atoms with van der Waals surface area (Å²) in [6.45, 7) is 0.630. The maximum Gasteiger partial charge on any atom is 0.339 e. The van der Waals surface area contributed by atoms with Crippen molar-refractivity contribution in [3.63, 3.8) is 0 Å². The first-order valence-electron chi connectivity index (χ1n) is 11.1. The number of carbonyl (C=O) groups excluding carboxylic acids is 2. The topological polar surface area (TPSA) is 93.5 Å². The van der Waals surface area contributed by atoms with E-state index < -0.39 is 11.3 Å². The molecule has 35 heavy (non-hydrogen) atoms. The number of thioether (sulfide) groups is 1. The number of anilines is 2. The van der Waals surface area contributed by atoms with Crippen molar-refractivity contribution in [2.75, 3.05) is 17.6 Å². The quantitative estimate of drug-likeness (QED) is 0.161. The Bertz CT molecular complexity index is 1110. The number of ether oxygens (including phenoxy) is 1. The molecule has 6 nitrogen and oxygen atoms in total. The molecular weight excluding hydrogens is 505 g/mol. The molecule has 0 unspecified atom stereocenters. The molecule has 0 spiro atoms. The van der Waals surface area contributed by atoms with Crippen molar-refractivity contribution in [2.45, 2.75) is 24.8 Å². The van der Waals surface area contributed by atoms with E-state index in [0.29, 0.717) is 40.1 Å². The van der Waals surface area contributed by atoms with E-state index in [1.54, 1.807) is 18.2 Å². The Morgan fingerprint density at radius 2 is 1.63 bits per heavy atom. The van der Waals surface area contributed by atoms with Gasteiger partial charge in [-0.3, -0.25) is 4.79 Å². The van der Waals surface area contributed by atoms with Crippen LogP contribution in [0.4, 0.5) is 11.4 Å². The van der Waals surface area contributed by atoms with Crippen LogP contribution in [0.3, 0.4) is 0 Å². The van der Waals surface area contributed by atoms with E-state index in [2.05, 4.69) is 10.6 Å². The van der Waals surface area contributed by atoms with Crippen molar-refractivity contribution in [3.05, 3.63) is 94.0 Å². The van der Waals surface area contributed by atoms with Gasteiger partial charge in [0.25, 0.3) is 0 Å². The van der Waals surface area contributed by atoms with Crippen molar-refractivity contribution in [2.24, 2.45) is 5.73 Å². The zero-order chi connectivity index (χ0) is 25.0. The molecule has 0 fully saturated rings. The number of halogens is 2. The Balaban J connectivity index is 1.67. The molecule has 1 amide bonds.